The van der Waals surface area contributed by atoms with Crippen LogP contribution in [0.4, 0.5) is 0 Å². The number of nitrogens with zero attached hydrogens (tertiary/aromatic N) is 1. The van der Waals surface area contributed by atoms with Crippen molar-refractivity contribution in [3.8, 4) is 11.5 Å². The molecule has 8 heteroatoms. The molecular weight excluding hydrogens is 370 g/mol. The second-order valence-electron chi connectivity index (χ2n) is 5.69. The summed E-state index contributed by atoms with van der Waals surface area (Å²) < 4.78 is 16.3. The Labute approximate surface area is 141 Å². The number of aliphatic carboxylic acids is 1. The number of methoxy groups -OCH3 is 1. The molecule has 23 heavy (non-hydrogen) atoms. The molecule has 2 aliphatic rings. The van der Waals surface area contributed by atoms with Crippen molar-refractivity contribution in [1.29, 1.82) is 0 Å². The number of carbonyl (C=O) groups is 2. The number of likely N-dealkylation sites (tertiary alicyclic amines) is 1. The van der Waals surface area contributed by atoms with Crippen LogP contribution in [0.2, 0.25) is 0 Å². The number of carboxylic acid groups (broad SMARTS) is 1. The average molecular weight is 386 g/mol. The van der Waals surface area contributed by atoms with Crippen LogP contribution in [0.3, 0.4) is 0 Å². The second kappa shape index (κ2) is 6.01. The predicted molar refractivity (Wildman–Crippen MR) is 82.7 cm³/mol. The Morgan fingerprint density at radius 2 is 2.22 bits per heavy atom. The van der Waals surface area contributed by atoms with Gasteiger partial charge in [-0.3, -0.25) is 9.59 Å². The van der Waals surface area contributed by atoms with Gasteiger partial charge in [-0.05, 0) is 34.5 Å². The SMILES string of the molecule is COCC1(C(=O)O)CCN(C(=O)c2cc(Br)c3c(c2)OCO3)C1. The summed E-state index contributed by atoms with van der Waals surface area (Å²) in [5.41, 5.74) is -0.613. The second-order valence-corrected chi connectivity index (χ2v) is 6.54. The van der Waals surface area contributed by atoms with Gasteiger partial charge in [0, 0.05) is 25.8 Å². The Hall–Kier alpha value is -1.80. The van der Waals surface area contributed by atoms with Crippen molar-refractivity contribution in [1.82, 2.24) is 4.90 Å². The third-order valence-corrected chi connectivity index (χ3v) is 4.78. The number of hydrogen-bond acceptors (Lipinski definition) is 5. The van der Waals surface area contributed by atoms with E-state index in [-0.39, 0.29) is 25.9 Å². The van der Waals surface area contributed by atoms with E-state index in [4.69, 9.17) is 14.2 Å². The van der Waals surface area contributed by atoms with Crippen LogP contribution >= 0.6 is 15.9 Å². The summed E-state index contributed by atoms with van der Waals surface area (Å²) in [6.45, 7) is 0.698. The van der Waals surface area contributed by atoms with Crippen LogP contribution < -0.4 is 9.47 Å². The van der Waals surface area contributed by atoms with Gasteiger partial charge in [0.25, 0.3) is 5.91 Å². The molecule has 0 aromatic heterocycles. The third-order valence-electron chi connectivity index (χ3n) is 4.19. The molecule has 1 amide bonds. The number of fused-ring (bicyclic) bond motifs is 1. The number of benzene rings is 1. The van der Waals surface area contributed by atoms with E-state index >= 15 is 0 Å². The van der Waals surface area contributed by atoms with E-state index < -0.39 is 11.4 Å². The molecule has 124 valence electrons. The lowest BCUT2D eigenvalue weighted by Gasteiger charge is -2.24. The number of carbonyl (C=O) groups excluding carboxylic acids is 1. The molecule has 1 atom stereocenters. The largest absolute Gasteiger partial charge is 0.481 e. The molecule has 0 aliphatic carbocycles. The van der Waals surface area contributed by atoms with Gasteiger partial charge in [-0.15, -0.1) is 0 Å². The number of carboxylic acids is 1. The molecule has 0 saturated carbocycles. The van der Waals surface area contributed by atoms with E-state index in [2.05, 4.69) is 15.9 Å². The molecule has 1 saturated heterocycles. The van der Waals surface area contributed by atoms with Gasteiger partial charge >= 0.3 is 5.97 Å². The zero-order chi connectivity index (χ0) is 16.6. The van der Waals surface area contributed by atoms with Gasteiger partial charge in [-0.25, -0.2) is 0 Å². The maximum Gasteiger partial charge on any atom is 0.313 e. The molecule has 0 radical (unpaired) electrons. The Kier molecular flexibility index (Phi) is 4.20. The van der Waals surface area contributed by atoms with Gasteiger partial charge in [0.15, 0.2) is 11.5 Å². The molecular formula is C15H16BrNO6. The van der Waals surface area contributed by atoms with E-state index in [1.165, 1.54) is 12.0 Å². The van der Waals surface area contributed by atoms with Gasteiger partial charge in [0.05, 0.1) is 11.1 Å². The van der Waals surface area contributed by atoms with Crippen LogP contribution in [0, 0.1) is 5.41 Å². The van der Waals surface area contributed by atoms with Crippen LogP contribution in [0.25, 0.3) is 0 Å². The highest BCUT2D eigenvalue weighted by molar-refractivity contribution is 9.10. The molecule has 1 N–H and O–H groups in total. The normalized spacial score (nSPS) is 22.4. The smallest absolute Gasteiger partial charge is 0.313 e. The zero-order valence-electron chi connectivity index (χ0n) is 12.5. The molecule has 1 unspecified atom stereocenters. The van der Waals surface area contributed by atoms with Crippen molar-refractivity contribution < 1.29 is 28.9 Å². The van der Waals surface area contributed by atoms with Crippen molar-refractivity contribution in [3.05, 3.63) is 22.2 Å². The monoisotopic (exact) mass is 385 g/mol. The quantitative estimate of drug-likeness (QED) is 0.849. The number of hydrogen-bond donors (Lipinski definition) is 1. The number of halogens is 1. The first-order valence-corrected chi connectivity index (χ1v) is 7.87. The first kappa shape index (κ1) is 16.1. The first-order chi connectivity index (χ1) is 11.0. The lowest BCUT2D eigenvalue weighted by atomic mass is 9.88. The van der Waals surface area contributed by atoms with E-state index in [9.17, 15) is 14.7 Å². The summed E-state index contributed by atoms with van der Waals surface area (Å²) in [5.74, 6) is -0.102. The van der Waals surface area contributed by atoms with Crippen LogP contribution in [-0.2, 0) is 9.53 Å². The lowest BCUT2D eigenvalue weighted by Crippen LogP contribution is -2.40. The van der Waals surface area contributed by atoms with Gasteiger partial charge in [-0.1, -0.05) is 0 Å². The fraction of sp³-hybridized carbons (Fsp3) is 0.467. The molecule has 0 spiro atoms. The van der Waals surface area contributed by atoms with Crippen molar-refractivity contribution in [2.75, 3.05) is 33.6 Å². The standard InChI is InChI=1S/C15H16BrNO6/c1-21-7-15(14(19)20)2-3-17(6-15)13(18)9-4-10(16)12-11(5-9)22-8-23-12/h4-5H,2-3,6-8H2,1H3,(H,19,20). The van der Waals surface area contributed by atoms with Crippen molar-refractivity contribution >= 4 is 27.8 Å². The lowest BCUT2D eigenvalue weighted by molar-refractivity contribution is -0.151. The Morgan fingerprint density at radius 3 is 2.91 bits per heavy atom. The zero-order valence-corrected chi connectivity index (χ0v) is 14.1. The fourth-order valence-electron chi connectivity index (χ4n) is 2.95. The van der Waals surface area contributed by atoms with Gasteiger partial charge < -0.3 is 24.2 Å². The maximum absolute atomic E-state index is 12.7. The Morgan fingerprint density at radius 1 is 1.43 bits per heavy atom. The van der Waals surface area contributed by atoms with Crippen LogP contribution in [0.5, 0.6) is 11.5 Å². The minimum Gasteiger partial charge on any atom is -0.481 e. The molecule has 1 aromatic rings. The summed E-state index contributed by atoms with van der Waals surface area (Å²) in [6, 6.07) is 3.28. The van der Waals surface area contributed by atoms with Gasteiger partial charge in [0.1, 0.15) is 5.41 Å². The summed E-state index contributed by atoms with van der Waals surface area (Å²) >= 11 is 3.36. The molecule has 1 aromatic carbocycles. The first-order valence-electron chi connectivity index (χ1n) is 7.07. The van der Waals surface area contributed by atoms with Crippen LogP contribution in [-0.4, -0.2) is 55.5 Å². The van der Waals surface area contributed by atoms with Crippen LogP contribution in [0.1, 0.15) is 16.8 Å². The minimum atomic E-state index is -1.04. The van der Waals surface area contributed by atoms with Gasteiger partial charge in [-0.2, -0.15) is 0 Å². The number of amides is 1. The summed E-state index contributed by atoms with van der Waals surface area (Å²) in [4.78, 5) is 25.8. The summed E-state index contributed by atoms with van der Waals surface area (Å²) in [7, 11) is 1.46. The maximum atomic E-state index is 12.7. The van der Waals surface area contributed by atoms with E-state index in [1.807, 2.05) is 0 Å². The number of rotatable bonds is 4. The number of ether oxygens (including phenoxy) is 3. The predicted octanol–water partition coefficient (Wildman–Crippen LogP) is 1.74. The van der Waals surface area contributed by atoms with Crippen molar-refractivity contribution in [2.24, 2.45) is 5.41 Å². The van der Waals surface area contributed by atoms with E-state index in [1.54, 1.807) is 12.1 Å². The fourth-order valence-corrected chi connectivity index (χ4v) is 3.51. The molecule has 3 rings (SSSR count). The summed E-state index contributed by atoms with van der Waals surface area (Å²) in [5, 5.41) is 9.47. The van der Waals surface area contributed by atoms with Crippen molar-refractivity contribution in [2.45, 2.75) is 6.42 Å². The highest BCUT2D eigenvalue weighted by Gasteiger charge is 2.46. The Balaban J connectivity index is 1.82. The van der Waals surface area contributed by atoms with E-state index in [0.717, 1.165) is 0 Å². The average Bonchev–Trinajstić information content (AvgIpc) is 3.14. The molecule has 1 fully saturated rings. The topological polar surface area (TPSA) is 85.3 Å². The highest BCUT2D eigenvalue weighted by atomic mass is 79.9. The molecule has 2 heterocycles. The highest BCUT2D eigenvalue weighted by Crippen LogP contribution is 2.41. The molecule has 2 aliphatic heterocycles. The third kappa shape index (κ3) is 2.76. The van der Waals surface area contributed by atoms with Gasteiger partial charge in [0.2, 0.25) is 6.79 Å². The minimum absolute atomic E-state index is 0.0803. The Bertz CT molecular complexity index is 664. The summed E-state index contributed by atoms with van der Waals surface area (Å²) in [6.07, 6.45) is 0.369. The molecule has 7 nitrogen and oxygen atoms in total. The van der Waals surface area contributed by atoms with Crippen molar-refractivity contribution in [3.63, 3.8) is 0 Å². The van der Waals surface area contributed by atoms with Crippen LogP contribution in [0.15, 0.2) is 16.6 Å². The molecule has 0 bridgehead atoms. The van der Waals surface area contributed by atoms with E-state index in [0.29, 0.717) is 34.5 Å².